The van der Waals surface area contributed by atoms with Gasteiger partial charge in [0.2, 0.25) is 0 Å². The fourth-order valence-electron chi connectivity index (χ4n) is 1.39. The lowest BCUT2D eigenvalue weighted by Crippen LogP contribution is -2.08. The number of aromatic nitrogens is 3. The zero-order chi connectivity index (χ0) is 12.1. The number of carbonyl (C=O) groups is 1. The Balaban J connectivity index is 2.35. The molecule has 0 aromatic carbocycles. The molecular formula is C12H21N3O. The van der Waals surface area contributed by atoms with Gasteiger partial charge in [-0.3, -0.25) is 9.48 Å². The second-order valence-corrected chi connectivity index (χ2v) is 4.79. The summed E-state index contributed by atoms with van der Waals surface area (Å²) < 4.78 is 1.82. The van der Waals surface area contributed by atoms with Gasteiger partial charge in [-0.2, -0.15) is 0 Å². The highest BCUT2D eigenvalue weighted by atomic mass is 16.1. The van der Waals surface area contributed by atoms with Crippen LogP contribution >= 0.6 is 0 Å². The first kappa shape index (κ1) is 12.9. The van der Waals surface area contributed by atoms with E-state index in [4.69, 9.17) is 0 Å². The Morgan fingerprint density at radius 3 is 2.56 bits per heavy atom. The van der Waals surface area contributed by atoms with Crippen LogP contribution < -0.4 is 0 Å². The molecular weight excluding hydrogens is 202 g/mol. The Morgan fingerprint density at radius 1 is 1.38 bits per heavy atom. The van der Waals surface area contributed by atoms with E-state index in [1.165, 1.54) is 0 Å². The van der Waals surface area contributed by atoms with E-state index in [1.54, 1.807) is 0 Å². The summed E-state index contributed by atoms with van der Waals surface area (Å²) in [6.07, 6.45) is 3.44. The summed E-state index contributed by atoms with van der Waals surface area (Å²) in [6, 6.07) is 0. The highest BCUT2D eigenvalue weighted by Gasteiger charge is 2.08. The number of Topliss-reactive ketones (excluding diaryl/α,β-unsaturated/α-hetero) is 1. The predicted octanol–water partition coefficient (Wildman–Crippen LogP) is 2.41. The van der Waals surface area contributed by atoms with E-state index in [0.717, 1.165) is 18.7 Å². The highest BCUT2D eigenvalue weighted by Crippen LogP contribution is 2.10. The van der Waals surface area contributed by atoms with Gasteiger partial charge in [-0.25, -0.2) is 0 Å². The molecule has 4 nitrogen and oxygen atoms in total. The fraction of sp³-hybridized carbons (Fsp3) is 0.750. The van der Waals surface area contributed by atoms with Crippen LogP contribution in [0.3, 0.4) is 0 Å². The molecule has 1 aromatic heterocycles. The molecule has 0 amide bonds. The molecule has 1 aromatic rings. The summed E-state index contributed by atoms with van der Waals surface area (Å²) in [6.45, 7) is 8.84. The Labute approximate surface area is 97.0 Å². The Hall–Kier alpha value is -1.19. The molecule has 0 N–H and O–H groups in total. The molecule has 0 aliphatic rings. The maximum atomic E-state index is 11.4. The number of hydrogen-bond acceptors (Lipinski definition) is 3. The fourth-order valence-corrected chi connectivity index (χ4v) is 1.39. The third-order valence-corrected chi connectivity index (χ3v) is 2.60. The first-order valence-electron chi connectivity index (χ1n) is 5.93. The van der Waals surface area contributed by atoms with Crippen LogP contribution in [0.2, 0.25) is 0 Å². The molecule has 1 heterocycles. The quantitative estimate of drug-likeness (QED) is 0.744. The van der Waals surface area contributed by atoms with Gasteiger partial charge in [0, 0.05) is 25.1 Å². The van der Waals surface area contributed by atoms with E-state index in [1.807, 2.05) is 24.7 Å². The van der Waals surface area contributed by atoms with Crippen LogP contribution in [0.4, 0.5) is 0 Å². The molecule has 0 saturated carbocycles. The van der Waals surface area contributed by atoms with Crippen LogP contribution in [0.25, 0.3) is 0 Å². The minimum absolute atomic E-state index is 0.141. The van der Waals surface area contributed by atoms with Gasteiger partial charge in [0.15, 0.2) is 0 Å². The van der Waals surface area contributed by atoms with Gasteiger partial charge in [0.05, 0.1) is 5.69 Å². The molecule has 0 fully saturated rings. The van der Waals surface area contributed by atoms with Crippen molar-refractivity contribution in [1.82, 2.24) is 15.0 Å². The van der Waals surface area contributed by atoms with Crippen LogP contribution in [0.15, 0.2) is 6.20 Å². The number of hydrogen-bond donors (Lipinski definition) is 0. The minimum atomic E-state index is 0.141. The van der Waals surface area contributed by atoms with Crippen molar-refractivity contribution in [2.75, 3.05) is 0 Å². The SMILES string of the molecule is CC(C)C(=O)CCCn1cc(C(C)C)nn1. The molecule has 0 aliphatic heterocycles. The van der Waals surface area contributed by atoms with E-state index in [9.17, 15) is 4.79 Å². The number of carbonyl (C=O) groups excluding carboxylic acids is 1. The first-order valence-corrected chi connectivity index (χ1v) is 5.93. The number of ketones is 1. The van der Waals surface area contributed by atoms with Gasteiger partial charge in [0.25, 0.3) is 0 Å². The number of rotatable bonds is 6. The number of nitrogens with zero attached hydrogens (tertiary/aromatic N) is 3. The monoisotopic (exact) mass is 223 g/mol. The van der Waals surface area contributed by atoms with E-state index in [0.29, 0.717) is 18.1 Å². The third kappa shape index (κ3) is 3.76. The van der Waals surface area contributed by atoms with Crippen LogP contribution in [0.5, 0.6) is 0 Å². The van der Waals surface area contributed by atoms with Crippen LogP contribution in [-0.4, -0.2) is 20.8 Å². The second-order valence-electron chi connectivity index (χ2n) is 4.79. The third-order valence-electron chi connectivity index (χ3n) is 2.60. The topological polar surface area (TPSA) is 47.8 Å². The van der Waals surface area contributed by atoms with Crippen molar-refractivity contribution in [1.29, 1.82) is 0 Å². The molecule has 0 bridgehead atoms. The molecule has 0 atom stereocenters. The van der Waals surface area contributed by atoms with Crippen molar-refractivity contribution < 1.29 is 4.79 Å². The molecule has 4 heteroatoms. The van der Waals surface area contributed by atoms with Crippen molar-refractivity contribution in [3.05, 3.63) is 11.9 Å². The van der Waals surface area contributed by atoms with E-state index < -0.39 is 0 Å². The van der Waals surface area contributed by atoms with Gasteiger partial charge >= 0.3 is 0 Å². The summed E-state index contributed by atoms with van der Waals surface area (Å²) in [5.74, 6) is 0.872. The molecule has 0 saturated heterocycles. The molecule has 16 heavy (non-hydrogen) atoms. The van der Waals surface area contributed by atoms with E-state index in [-0.39, 0.29) is 5.92 Å². The van der Waals surface area contributed by atoms with Gasteiger partial charge in [-0.15, -0.1) is 5.10 Å². The summed E-state index contributed by atoms with van der Waals surface area (Å²) in [7, 11) is 0. The number of aryl methyl sites for hydroxylation is 1. The molecule has 0 unspecified atom stereocenters. The van der Waals surface area contributed by atoms with Crippen molar-refractivity contribution in [2.24, 2.45) is 5.92 Å². The smallest absolute Gasteiger partial charge is 0.135 e. The average molecular weight is 223 g/mol. The summed E-state index contributed by atoms with van der Waals surface area (Å²) >= 11 is 0. The molecule has 0 spiro atoms. The maximum absolute atomic E-state index is 11.4. The van der Waals surface area contributed by atoms with Crippen molar-refractivity contribution in [3.8, 4) is 0 Å². The molecule has 0 aliphatic carbocycles. The lowest BCUT2D eigenvalue weighted by Gasteiger charge is -2.03. The zero-order valence-electron chi connectivity index (χ0n) is 10.6. The average Bonchev–Trinajstić information content (AvgIpc) is 2.66. The minimum Gasteiger partial charge on any atom is -0.299 e. The van der Waals surface area contributed by atoms with Gasteiger partial charge in [0.1, 0.15) is 5.78 Å². The highest BCUT2D eigenvalue weighted by molar-refractivity contribution is 5.80. The zero-order valence-corrected chi connectivity index (χ0v) is 10.6. The van der Waals surface area contributed by atoms with Gasteiger partial charge < -0.3 is 0 Å². The summed E-state index contributed by atoms with van der Waals surface area (Å²) in [5, 5.41) is 8.11. The second kappa shape index (κ2) is 5.77. The summed E-state index contributed by atoms with van der Waals surface area (Å²) in [5.41, 5.74) is 1.01. The summed E-state index contributed by atoms with van der Waals surface area (Å²) in [4.78, 5) is 11.4. The molecule has 1 rings (SSSR count). The normalized spacial score (nSPS) is 11.4. The largest absolute Gasteiger partial charge is 0.299 e. The van der Waals surface area contributed by atoms with Crippen molar-refractivity contribution >= 4 is 5.78 Å². The van der Waals surface area contributed by atoms with Crippen LogP contribution in [0.1, 0.15) is 52.1 Å². The first-order chi connectivity index (χ1) is 7.50. The van der Waals surface area contributed by atoms with Crippen LogP contribution in [-0.2, 0) is 11.3 Å². The molecule has 90 valence electrons. The molecule has 0 radical (unpaired) electrons. The lowest BCUT2D eigenvalue weighted by molar-refractivity contribution is -0.122. The van der Waals surface area contributed by atoms with Crippen LogP contribution in [0, 0.1) is 5.92 Å². The Morgan fingerprint density at radius 2 is 2.06 bits per heavy atom. The van der Waals surface area contributed by atoms with Gasteiger partial charge in [-0.1, -0.05) is 32.9 Å². The lowest BCUT2D eigenvalue weighted by atomic mass is 10.1. The predicted molar refractivity (Wildman–Crippen MR) is 63.2 cm³/mol. The van der Waals surface area contributed by atoms with E-state index in [2.05, 4.69) is 24.2 Å². The maximum Gasteiger partial charge on any atom is 0.135 e. The van der Waals surface area contributed by atoms with Crippen molar-refractivity contribution in [3.63, 3.8) is 0 Å². The van der Waals surface area contributed by atoms with Crippen molar-refractivity contribution in [2.45, 2.75) is 53.0 Å². The van der Waals surface area contributed by atoms with E-state index >= 15 is 0 Å². The van der Waals surface area contributed by atoms with Gasteiger partial charge in [-0.05, 0) is 12.3 Å². The standard InChI is InChI=1S/C12H21N3O/c1-9(2)11-8-15(14-13-11)7-5-6-12(16)10(3)4/h8-10H,5-7H2,1-4H3. The Kier molecular flexibility index (Phi) is 4.65. The Bertz CT molecular complexity index is 342.